The smallest absolute Gasteiger partial charge is 0.261 e. The Morgan fingerprint density at radius 1 is 1.45 bits per heavy atom. The highest BCUT2D eigenvalue weighted by atomic mass is 79.9. The van der Waals surface area contributed by atoms with Crippen molar-refractivity contribution in [3.8, 4) is 5.75 Å². The zero-order chi connectivity index (χ0) is 16.5. The number of ether oxygens (including phenoxy) is 2. The standard InChI is InChI=1S/C14H19BrN2O4S/c1-9(18)8-16-14(22)17-13(19)11-7-10(15)3-4-12(11)21-6-5-20-2/h3-4,7,9,18H,5-6,8H2,1-2H3,(H2,16,17,19,22). The number of aliphatic hydroxyl groups excluding tert-OH is 1. The van der Waals surface area contributed by atoms with E-state index in [9.17, 15) is 9.90 Å². The molecule has 0 aliphatic carbocycles. The van der Waals surface area contributed by atoms with Gasteiger partial charge in [0.15, 0.2) is 5.11 Å². The van der Waals surface area contributed by atoms with Crippen molar-refractivity contribution < 1.29 is 19.4 Å². The minimum absolute atomic E-state index is 0.147. The summed E-state index contributed by atoms with van der Waals surface area (Å²) < 4.78 is 11.2. The van der Waals surface area contributed by atoms with Crippen molar-refractivity contribution in [1.29, 1.82) is 0 Å². The molecule has 1 aromatic rings. The third-order valence-electron chi connectivity index (χ3n) is 2.52. The maximum absolute atomic E-state index is 12.3. The normalized spacial score (nSPS) is 11.6. The molecule has 8 heteroatoms. The van der Waals surface area contributed by atoms with E-state index in [1.165, 1.54) is 0 Å². The third-order valence-corrected chi connectivity index (χ3v) is 3.26. The van der Waals surface area contributed by atoms with Gasteiger partial charge in [0.1, 0.15) is 12.4 Å². The zero-order valence-electron chi connectivity index (χ0n) is 12.4. The fraction of sp³-hybridized carbons (Fsp3) is 0.429. The number of benzene rings is 1. The number of hydrogen-bond donors (Lipinski definition) is 3. The molecule has 0 spiro atoms. The Labute approximate surface area is 143 Å². The molecule has 1 unspecified atom stereocenters. The largest absolute Gasteiger partial charge is 0.490 e. The van der Waals surface area contributed by atoms with Crippen molar-refractivity contribution >= 4 is 39.2 Å². The van der Waals surface area contributed by atoms with Crippen LogP contribution in [0.2, 0.25) is 0 Å². The van der Waals surface area contributed by atoms with Crippen molar-refractivity contribution in [2.45, 2.75) is 13.0 Å². The van der Waals surface area contributed by atoms with Crippen molar-refractivity contribution in [3.05, 3.63) is 28.2 Å². The Bertz CT molecular complexity index is 526. The maximum atomic E-state index is 12.3. The molecule has 0 bridgehead atoms. The number of hydrogen-bond acceptors (Lipinski definition) is 5. The molecule has 0 saturated heterocycles. The van der Waals surface area contributed by atoms with Crippen LogP contribution in [-0.4, -0.2) is 49.1 Å². The first-order valence-electron chi connectivity index (χ1n) is 6.62. The van der Waals surface area contributed by atoms with E-state index in [1.54, 1.807) is 32.2 Å². The van der Waals surface area contributed by atoms with Gasteiger partial charge in [0.05, 0.1) is 18.3 Å². The number of carbonyl (C=O) groups is 1. The van der Waals surface area contributed by atoms with Crippen molar-refractivity contribution in [1.82, 2.24) is 10.6 Å². The number of carbonyl (C=O) groups excluding carboxylic acids is 1. The summed E-state index contributed by atoms with van der Waals surface area (Å²) in [4.78, 5) is 12.3. The van der Waals surface area contributed by atoms with E-state index in [4.69, 9.17) is 21.7 Å². The molecule has 1 rings (SSSR count). The molecule has 1 aromatic carbocycles. The summed E-state index contributed by atoms with van der Waals surface area (Å²) in [6.07, 6.45) is -0.561. The van der Waals surface area contributed by atoms with Gasteiger partial charge < -0.3 is 19.9 Å². The molecule has 122 valence electrons. The molecule has 0 aromatic heterocycles. The molecule has 22 heavy (non-hydrogen) atoms. The summed E-state index contributed by atoms with van der Waals surface area (Å²) in [7, 11) is 1.57. The van der Waals surface area contributed by atoms with E-state index in [2.05, 4.69) is 26.6 Å². The molecule has 1 atom stereocenters. The van der Waals surface area contributed by atoms with Crippen LogP contribution in [0.15, 0.2) is 22.7 Å². The van der Waals surface area contributed by atoms with Gasteiger partial charge in [-0.25, -0.2) is 0 Å². The van der Waals surface area contributed by atoms with Gasteiger partial charge in [0.25, 0.3) is 5.91 Å². The van der Waals surface area contributed by atoms with Crippen molar-refractivity contribution in [2.75, 3.05) is 26.9 Å². The molecule has 0 fully saturated rings. The van der Waals surface area contributed by atoms with Gasteiger partial charge in [0.2, 0.25) is 0 Å². The lowest BCUT2D eigenvalue weighted by Gasteiger charge is -2.14. The lowest BCUT2D eigenvalue weighted by Crippen LogP contribution is -2.41. The Kier molecular flexibility index (Phi) is 8.32. The second-order valence-electron chi connectivity index (χ2n) is 4.49. The summed E-state index contributed by atoms with van der Waals surface area (Å²) in [6.45, 7) is 2.64. The zero-order valence-corrected chi connectivity index (χ0v) is 14.8. The van der Waals surface area contributed by atoms with Crippen LogP contribution in [-0.2, 0) is 4.74 Å². The van der Waals surface area contributed by atoms with Crippen LogP contribution in [0.1, 0.15) is 17.3 Å². The Morgan fingerprint density at radius 3 is 2.82 bits per heavy atom. The number of aliphatic hydroxyl groups is 1. The second kappa shape index (κ2) is 9.73. The predicted octanol–water partition coefficient (Wildman–Crippen LogP) is 1.46. The molecule has 0 saturated carbocycles. The van der Waals surface area contributed by atoms with E-state index in [1.807, 2.05) is 0 Å². The van der Waals surface area contributed by atoms with Gasteiger partial charge >= 0.3 is 0 Å². The first kappa shape index (κ1) is 18.8. The minimum Gasteiger partial charge on any atom is -0.490 e. The average Bonchev–Trinajstić information content (AvgIpc) is 2.46. The second-order valence-corrected chi connectivity index (χ2v) is 5.82. The van der Waals surface area contributed by atoms with E-state index >= 15 is 0 Å². The number of methoxy groups -OCH3 is 1. The van der Waals surface area contributed by atoms with Gasteiger partial charge in [-0.2, -0.15) is 0 Å². The van der Waals surface area contributed by atoms with Gasteiger partial charge in [-0.3, -0.25) is 10.1 Å². The molecule has 0 aliphatic heterocycles. The van der Waals surface area contributed by atoms with Gasteiger partial charge in [-0.05, 0) is 37.3 Å². The predicted molar refractivity (Wildman–Crippen MR) is 91.3 cm³/mol. The van der Waals surface area contributed by atoms with Crippen LogP contribution in [0.3, 0.4) is 0 Å². The maximum Gasteiger partial charge on any atom is 0.261 e. The Balaban J connectivity index is 2.73. The number of halogens is 1. The van der Waals surface area contributed by atoms with Crippen LogP contribution in [0.25, 0.3) is 0 Å². The molecular weight excluding hydrogens is 372 g/mol. The lowest BCUT2D eigenvalue weighted by molar-refractivity contribution is 0.0968. The molecule has 0 radical (unpaired) electrons. The minimum atomic E-state index is -0.561. The molecule has 6 nitrogen and oxygen atoms in total. The molecule has 3 N–H and O–H groups in total. The highest BCUT2D eigenvalue weighted by molar-refractivity contribution is 9.10. The topological polar surface area (TPSA) is 79.8 Å². The number of nitrogens with one attached hydrogen (secondary N) is 2. The Morgan fingerprint density at radius 2 is 2.18 bits per heavy atom. The summed E-state index contributed by atoms with van der Waals surface area (Å²) >= 11 is 8.33. The molecule has 1 amide bonds. The van der Waals surface area contributed by atoms with Gasteiger partial charge in [-0.15, -0.1) is 0 Å². The fourth-order valence-corrected chi connectivity index (χ4v) is 2.03. The summed E-state index contributed by atoms with van der Waals surface area (Å²) in [5, 5.41) is 14.6. The summed E-state index contributed by atoms with van der Waals surface area (Å²) in [6, 6.07) is 5.12. The molecule has 0 heterocycles. The van der Waals surface area contributed by atoms with Gasteiger partial charge in [0, 0.05) is 18.1 Å². The van der Waals surface area contributed by atoms with Crippen LogP contribution >= 0.6 is 28.1 Å². The van der Waals surface area contributed by atoms with Crippen LogP contribution in [0.4, 0.5) is 0 Å². The number of amides is 1. The van der Waals surface area contributed by atoms with E-state index in [-0.39, 0.29) is 11.7 Å². The lowest BCUT2D eigenvalue weighted by atomic mass is 10.2. The third kappa shape index (κ3) is 6.69. The number of thiocarbonyl (C=S) groups is 1. The monoisotopic (exact) mass is 390 g/mol. The van der Waals surface area contributed by atoms with Crippen LogP contribution < -0.4 is 15.4 Å². The average molecular weight is 391 g/mol. The van der Waals surface area contributed by atoms with E-state index in [0.717, 1.165) is 4.47 Å². The van der Waals surface area contributed by atoms with Crippen molar-refractivity contribution in [2.24, 2.45) is 0 Å². The SMILES string of the molecule is COCCOc1ccc(Br)cc1C(=O)NC(=S)NCC(C)O. The van der Waals surface area contributed by atoms with Crippen LogP contribution in [0, 0.1) is 0 Å². The highest BCUT2D eigenvalue weighted by Crippen LogP contribution is 2.23. The number of rotatable bonds is 7. The van der Waals surface area contributed by atoms with E-state index < -0.39 is 12.0 Å². The highest BCUT2D eigenvalue weighted by Gasteiger charge is 2.15. The molecular formula is C14H19BrN2O4S. The van der Waals surface area contributed by atoms with Gasteiger partial charge in [-0.1, -0.05) is 15.9 Å². The quantitative estimate of drug-likeness (QED) is 0.483. The molecule has 0 aliphatic rings. The van der Waals surface area contributed by atoms with Crippen molar-refractivity contribution in [3.63, 3.8) is 0 Å². The summed E-state index contributed by atoms with van der Waals surface area (Å²) in [5.41, 5.74) is 0.353. The first-order chi connectivity index (χ1) is 10.4. The summed E-state index contributed by atoms with van der Waals surface area (Å²) in [5.74, 6) is 0.0490. The van der Waals surface area contributed by atoms with Crippen LogP contribution in [0.5, 0.6) is 5.75 Å². The first-order valence-corrected chi connectivity index (χ1v) is 7.82. The van der Waals surface area contributed by atoms with E-state index in [0.29, 0.717) is 24.5 Å². The Hall–Kier alpha value is -1.22. The fourth-order valence-electron chi connectivity index (χ4n) is 1.50.